The van der Waals surface area contributed by atoms with Crippen LogP contribution in [0.1, 0.15) is 5.56 Å². The molecule has 1 atom stereocenters. The zero-order valence-electron chi connectivity index (χ0n) is 6.65. The molecule has 0 aliphatic carbocycles. The summed E-state index contributed by atoms with van der Waals surface area (Å²) in [7, 11) is -0.972. The van der Waals surface area contributed by atoms with Gasteiger partial charge in [0, 0.05) is 11.0 Å². The molecular weight excluding hydrogens is 184 g/mol. The zero-order chi connectivity index (χ0) is 8.84. The largest absolute Gasteiger partial charge is 0.345 e. The molecule has 0 bridgehead atoms. The number of rotatable bonds is 0. The molecule has 1 aliphatic rings. The van der Waals surface area contributed by atoms with Crippen molar-refractivity contribution in [2.75, 3.05) is 0 Å². The van der Waals surface area contributed by atoms with Crippen LogP contribution in [0, 0.1) is 0 Å². The molecule has 1 aliphatic heterocycles. The van der Waals surface area contributed by atoms with Crippen LogP contribution in [0.5, 0.6) is 0 Å². The van der Waals surface area contributed by atoms with Gasteiger partial charge in [-0.05, 0) is 18.2 Å². The number of hydrogen-bond donors (Lipinski definition) is 1. The molecule has 1 aromatic carbocycles. The van der Waals surface area contributed by atoms with Gasteiger partial charge in [-0.1, -0.05) is 0 Å². The molecule has 1 aromatic heterocycles. The molecule has 4 heteroatoms. The highest BCUT2D eigenvalue weighted by Gasteiger charge is 2.15. The minimum atomic E-state index is -0.972. The summed E-state index contributed by atoms with van der Waals surface area (Å²) in [5.74, 6) is 0. The fourth-order valence-electron chi connectivity index (χ4n) is 1.55. The zero-order valence-corrected chi connectivity index (χ0v) is 7.47. The van der Waals surface area contributed by atoms with E-state index in [4.69, 9.17) is 0 Å². The Hall–Kier alpha value is -1.42. The van der Waals surface area contributed by atoms with Gasteiger partial charge in [0.2, 0.25) is 0 Å². The third kappa shape index (κ3) is 0.833. The Bertz CT molecular complexity index is 542. The maximum absolute atomic E-state index is 11.4. The van der Waals surface area contributed by atoms with E-state index in [2.05, 4.69) is 9.97 Å². The Kier molecular flexibility index (Phi) is 1.24. The van der Waals surface area contributed by atoms with E-state index < -0.39 is 10.8 Å². The second-order valence-electron chi connectivity index (χ2n) is 2.88. The first kappa shape index (κ1) is 7.03. The fourth-order valence-corrected chi connectivity index (χ4v) is 2.54. The molecule has 0 radical (unpaired) electrons. The third-order valence-corrected chi connectivity index (χ3v) is 3.34. The molecule has 3 rings (SSSR count). The monoisotopic (exact) mass is 190 g/mol. The summed E-state index contributed by atoms with van der Waals surface area (Å²) in [5.41, 5.74) is 2.87. The number of hydrogen-bond acceptors (Lipinski definition) is 2. The number of H-pyrrole nitrogens is 1. The van der Waals surface area contributed by atoms with E-state index in [0.717, 1.165) is 21.5 Å². The Morgan fingerprint density at radius 3 is 3.23 bits per heavy atom. The number of benzene rings is 1. The molecule has 13 heavy (non-hydrogen) atoms. The topological polar surface area (TPSA) is 45.8 Å². The summed E-state index contributed by atoms with van der Waals surface area (Å²) in [5, 5.41) is 1.69. The number of fused-ring (bicyclic) bond motifs is 3. The molecule has 1 unspecified atom stereocenters. The van der Waals surface area contributed by atoms with Gasteiger partial charge in [-0.25, -0.2) is 9.19 Å². The van der Waals surface area contributed by atoms with Crippen molar-refractivity contribution in [3.05, 3.63) is 29.4 Å². The minimum absolute atomic E-state index is 0.861. The highest BCUT2D eigenvalue weighted by Crippen LogP contribution is 2.28. The molecule has 0 fully saturated rings. The van der Waals surface area contributed by atoms with Crippen molar-refractivity contribution in [1.82, 2.24) is 9.97 Å². The molecule has 0 amide bonds. The van der Waals surface area contributed by atoms with Crippen molar-refractivity contribution in [2.24, 2.45) is 0 Å². The van der Waals surface area contributed by atoms with Crippen LogP contribution in [0.3, 0.4) is 0 Å². The molecular formula is C9H6N2OS. The quantitative estimate of drug-likeness (QED) is 0.686. The van der Waals surface area contributed by atoms with Crippen molar-refractivity contribution in [1.29, 1.82) is 0 Å². The van der Waals surface area contributed by atoms with E-state index in [9.17, 15) is 4.21 Å². The van der Waals surface area contributed by atoms with Gasteiger partial charge in [0.15, 0.2) is 0 Å². The lowest BCUT2D eigenvalue weighted by molar-refractivity contribution is 0.689. The van der Waals surface area contributed by atoms with Crippen molar-refractivity contribution in [3.63, 3.8) is 0 Å². The van der Waals surface area contributed by atoms with E-state index in [-0.39, 0.29) is 0 Å². The lowest BCUT2D eigenvalue weighted by Gasteiger charge is -1.96. The van der Waals surface area contributed by atoms with Crippen LogP contribution in [-0.4, -0.2) is 14.2 Å². The summed E-state index contributed by atoms with van der Waals surface area (Å²) >= 11 is 0. The molecule has 2 aromatic rings. The van der Waals surface area contributed by atoms with Gasteiger partial charge in [0.25, 0.3) is 0 Å². The minimum Gasteiger partial charge on any atom is -0.345 e. The van der Waals surface area contributed by atoms with E-state index in [1.54, 1.807) is 11.7 Å². The maximum atomic E-state index is 11.4. The summed E-state index contributed by atoms with van der Waals surface area (Å²) in [6.45, 7) is 0. The average Bonchev–Trinajstić information content (AvgIpc) is 2.70. The van der Waals surface area contributed by atoms with Gasteiger partial charge < -0.3 is 4.98 Å². The number of aromatic amines is 1. The highest BCUT2D eigenvalue weighted by atomic mass is 32.2. The molecule has 1 N–H and O–H groups in total. The predicted molar refractivity (Wildman–Crippen MR) is 51.5 cm³/mol. The first-order chi connectivity index (χ1) is 6.36. The SMILES string of the molecule is O=S1C=Cc2c1ccc1[nH]cnc21. The van der Waals surface area contributed by atoms with Gasteiger partial charge in [0.05, 0.1) is 33.1 Å². The second-order valence-corrected chi connectivity index (χ2v) is 4.18. The van der Waals surface area contributed by atoms with Crippen LogP contribution in [0.2, 0.25) is 0 Å². The number of aromatic nitrogens is 2. The molecule has 2 heterocycles. The summed E-state index contributed by atoms with van der Waals surface area (Å²) < 4.78 is 11.4. The van der Waals surface area contributed by atoms with Crippen molar-refractivity contribution < 1.29 is 4.21 Å². The van der Waals surface area contributed by atoms with Crippen molar-refractivity contribution in [2.45, 2.75) is 4.90 Å². The van der Waals surface area contributed by atoms with E-state index in [1.807, 2.05) is 18.2 Å². The third-order valence-electron chi connectivity index (χ3n) is 2.17. The smallest absolute Gasteiger partial charge is 0.0967 e. The summed E-state index contributed by atoms with van der Waals surface area (Å²) in [6, 6.07) is 3.79. The number of nitrogens with zero attached hydrogens (tertiary/aromatic N) is 1. The first-order valence-electron chi connectivity index (χ1n) is 3.91. The van der Waals surface area contributed by atoms with E-state index >= 15 is 0 Å². The normalized spacial score (nSPS) is 19.5. The van der Waals surface area contributed by atoms with Crippen LogP contribution < -0.4 is 0 Å². The molecule has 0 spiro atoms. The second kappa shape index (κ2) is 2.29. The van der Waals surface area contributed by atoms with Crippen LogP contribution in [0.4, 0.5) is 0 Å². The highest BCUT2D eigenvalue weighted by molar-refractivity contribution is 7.88. The van der Waals surface area contributed by atoms with Gasteiger partial charge in [-0.3, -0.25) is 0 Å². The van der Waals surface area contributed by atoms with Gasteiger partial charge in [0.1, 0.15) is 0 Å². The van der Waals surface area contributed by atoms with Crippen LogP contribution in [-0.2, 0) is 10.8 Å². The Morgan fingerprint density at radius 2 is 2.31 bits per heavy atom. The predicted octanol–water partition coefficient (Wildman–Crippen LogP) is 1.65. The van der Waals surface area contributed by atoms with E-state index in [0.29, 0.717) is 0 Å². The molecule has 3 nitrogen and oxygen atoms in total. The maximum Gasteiger partial charge on any atom is 0.0967 e. The molecule has 0 saturated carbocycles. The summed E-state index contributed by atoms with van der Waals surface area (Å²) in [6.07, 6.45) is 3.52. The van der Waals surface area contributed by atoms with Crippen LogP contribution in [0.25, 0.3) is 17.1 Å². The van der Waals surface area contributed by atoms with Crippen molar-refractivity contribution >= 4 is 27.9 Å². The lowest BCUT2D eigenvalue weighted by atomic mass is 10.2. The first-order valence-corrected chi connectivity index (χ1v) is 5.12. The average molecular weight is 190 g/mol. The standard InChI is InChI=1S/C9H6N2OS/c12-13-4-3-6-8(13)2-1-7-9(6)11-5-10-7/h1-5H,(H,10,11). The van der Waals surface area contributed by atoms with E-state index in [1.165, 1.54) is 0 Å². The Morgan fingerprint density at radius 1 is 1.38 bits per heavy atom. The van der Waals surface area contributed by atoms with Gasteiger partial charge >= 0.3 is 0 Å². The van der Waals surface area contributed by atoms with Crippen molar-refractivity contribution in [3.8, 4) is 0 Å². The Labute approximate surface area is 77.0 Å². The van der Waals surface area contributed by atoms with Crippen LogP contribution in [0.15, 0.2) is 28.8 Å². The molecule has 64 valence electrons. The van der Waals surface area contributed by atoms with Crippen LogP contribution >= 0.6 is 0 Å². The summed E-state index contributed by atoms with van der Waals surface area (Å²) in [4.78, 5) is 8.06. The lowest BCUT2D eigenvalue weighted by Crippen LogP contribution is -1.85. The van der Waals surface area contributed by atoms with Gasteiger partial charge in [-0.2, -0.15) is 0 Å². The molecule has 0 saturated heterocycles. The Balaban J connectivity index is 2.52. The van der Waals surface area contributed by atoms with Gasteiger partial charge in [-0.15, -0.1) is 0 Å². The number of imidazole rings is 1. The fraction of sp³-hybridized carbons (Fsp3) is 0. The number of nitrogens with one attached hydrogen (secondary N) is 1.